The second-order valence-corrected chi connectivity index (χ2v) is 8.15. The molecule has 0 bridgehead atoms. The Bertz CT molecular complexity index is 735. The molecule has 138 valence electrons. The van der Waals surface area contributed by atoms with E-state index >= 15 is 0 Å². The van der Waals surface area contributed by atoms with Gasteiger partial charge >= 0.3 is 0 Å². The zero-order valence-electron chi connectivity index (χ0n) is 13.8. The molecular formula is C15H21N3O6S. The van der Waals surface area contributed by atoms with E-state index < -0.39 is 26.2 Å². The first-order chi connectivity index (χ1) is 11.9. The van der Waals surface area contributed by atoms with Crippen LogP contribution in [0.15, 0.2) is 24.3 Å². The van der Waals surface area contributed by atoms with Crippen molar-refractivity contribution >= 4 is 15.7 Å². The van der Waals surface area contributed by atoms with E-state index in [0.717, 1.165) is 12.8 Å². The number of benzene rings is 1. The Kier molecular flexibility index (Phi) is 5.35. The molecule has 0 radical (unpaired) electrons. The van der Waals surface area contributed by atoms with Gasteiger partial charge in [-0.1, -0.05) is 18.2 Å². The van der Waals surface area contributed by atoms with Crippen LogP contribution in [0.25, 0.3) is 0 Å². The number of hydrogen-bond donors (Lipinski definition) is 1. The Hall–Kier alpha value is -1.59. The van der Waals surface area contributed by atoms with Gasteiger partial charge in [-0.05, 0) is 12.8 Å². The summed E-state index contributed by atoms with van der Waals surface area (Å²) in [5.41, 5.74) is 0.198. The fourth-order valence-electron chi connectivity index (χ4n) is 3.28. The summed E-state index contributed by atoms with van der Waals surface area (Å²) in [5, 5.41) is 11.7. The van der Waals surface area contributed by atoms with Gasteiger partial charge in [-0.2, -0.15) is 5.06 Å². The van der Waals surface area contributed by atoms with E-state index in [1.807, 2.05) is 0 Å². The Labute approximate surface area is 146 Å². The normalized spacial score (nSPS) is 27.6. The van der Waals surface area contributed by atoms with Gasteiger partial charge < -0.3 is 4.74 Å². The van der Waals surface area contributed by atoms with Gasteiger partial charge in [0.15, 0.2) is 0 Å². The molecule has 25 heavy (non-hydrogen) atoms. The number of nitrogens with one attached hydrogen (secondary N) is 1. The average Bonchev–Trinajstić information content (AvgIpc) is 3.22. The van der Waals surface area contributed by atoms with Gasteiger partial charge in [-0.15, -0.1) is 0 Å². The van der Waals surface area contributed by atoms with Crippen molar-refractivity contribution in [3.63, 3.8) is 0 Å². The summed E-state index contributed by atoms with van der Waals surface area (Å²) >= 11 is 0. The van der Waals surface area contributed by atoms with Crippen LogP contribution in [-0.2, 0) is 19.6 Å². The van der Waals surface area contributed by atoms with Gasteiger partial charge in [-0.25, -0.2) is 13.1 Å². The van der Waals surface area contributed by atoms with Crippen molar-refractivity contribution in [2.24, 2.45) is 0 Å². The number of hydroxylamine groups is 2. The summed E-state index contributed by atoms with van der Waals surface area (Å²) in [6, 6.07) is 5.37. The van der Waals surface area contributed by atoms with Crippen LogP contribution < -0.4 is 4.72 Å². The lowest BCUT2D eigenvalue weighted by Gasteiger charge is -2.23. The van der Waals surface area contributed by atoms with Crippen LogP contribution in [-0.4, -0.2) is 56.6 Å². The van der Waals surface area contributed by atoms with Crippen LogP contribution in [0.5, 0.6) is 0 Å². The second kappa shape index (κ2) is 7.34. The molecule has 2 saturated heterocycles. The molecule has 0 aliphatic carbocycles. The second-order valence-electron chi connectivity index (χ2n) is 6.17. The first kappa shape index (κ1) is 18.2. The number of nitrogens with zero attached hydrogens (tertiary/aromatic N) is 2. The highest BCUT2D eigenvalue weighted by Gasteiger charge is 2.45. The minimum absolute atomic E-state index is 0.0614. The number of para-hydroxylation sites is 1. The van der Waals surface area contributed by atoms with E-state index in [0.29, 0.717) is 12.2 Å². The molecule has 1 aromatic rings. The van der Waals surface area contributed by atoms with Crippen molar-refractivity contribution in [1.29, 1.82) is 0 Å². The molecule has 10 heteroatoms. The third kappa shape index (κ3) is 3.82. The molecule has 0 amide bonds. The maximum absolute atomic E-state index is 12.8. The molecule has 0 saturated carbocycles. The molecule has 2 fully saturated rings. The maximum atomic E-state index is 12.8. The van der Waals surface area contributed by atoms with Crippen molar-refractivity contribution < 1.29 is 22.9 Å². The third-order valence-corrected chi connectivity index (χ3v) is 6.33. The van der Waals surface area contributed by atoms with Crippen LogP contribution in [0, 0.1) is 10.1 Å². The maximum Gasteiger partial charge on any atom is 0.274 e. The SMILES string of the molecule is CN1OCC(S(=O)(=O)NCC2CCCO2)C1c1ccccc1[N+](=O)[O-]. The van der Waals surface area contributed by atoms with E-state index in [2.05, 4.69) is 4.72 Å². The lowest BCUT2D eigenvalue weighted by atomic mass is 10.0. The highest BCUT2D eigenvalue weighted by atomic mass is 32.2. The summed E-state index contributed by atoms with van der Waals surface area (Å²) in [6.07, 6.45) is 1.61. The number of rotatable bonds is 6. The Morgan fingerprint density at radius 2 is 2.16 bits per heavy atom. The summed E-state index contributed by atoms with van der Waals surface area (Å²) in [7, 11) is -2.16. The van der Waals surface area contributed by atoms with Gasteiger partial charge in [0.05, 0.1) is 29.2 Å². The standard InChI is InChI=1S/C15H21N3O6S/c1-17-15(12-6-2-3-7-13(12)18(19)20)14(10-24-17)25(21,22)16-9-11-5-4-8-23-11/h2-3,6-7,11,14-16H,4-5,8-10H2,1H3. The number of nitro benzene ring substituents is 1. The zero-order valence-corrected chi connectivity index (χ0v) is 14.6. The van der Waals surface area contributed by atoms with E-state index in [9.17, 15) is 18.5 Å². The van der Waals surface area contributed by atoms with Crippen molar-refractivity contribution in [3.05, 3.63) is 39.9 Å². The van der Waals surface area contributed by atoms with Gasteiger partial charge in [0.1, 0.15) is 5.25 Å². The number of sulfonamides is 1. The van der Waals surface area contributed by atoms with Gasteiger partial charge in [-0.3, -0.25) is 15.0 Å². The number of nitro groups is 1. The van der Waals surface area contributed by atoms with Crippen molar-refractivity contribution in [3.8, 4) is 0 Å². The largest absolute Gasteiger partial charge is 0.377 e. The minimum Gasteiger partial charge on any atom is -0.377 e. The molecule has 2 aliphatic rings. The smallest absolute Gasteiger partial charge is 0.274 e. The molecule has 1 aromatic carbocycles. The van der Waals surface area contributed by atoms with E-state index in [1.54, 1.807) is 25.2 Å². The van der Waals surface area contributed by atoms with E-state index in [1.165, 1.54) is 11.1 Å². The molecule has 1 N–H and O–H groups in total. The average molecular weight is 371 g/mol. The molecule has 2 aliphatic heterocycles. The van der Waals surface area contributed by atoms with Crippen LogP contribution in [0.1, 0.15) is 24.4 Å². The van der Waals surface area contributed by atoms with Gasteiger partial charge in [0, 0.05) is 26.3 Å². The van der Waals surface area contributed by atoms with Crippen LogP contribution in [0.4, 0.5) is 5.69 Å². The Balaban J connectivity index is 1.84. The summed E-state index contributed by atoms with van der Waals surface area (Å²) < 4.78 is 33.5. The molecule has 2 heterocycles. The number of hydrogen-bond acceptors (Lipinski definition) is 7. The van der Waals surface area contributed by atoms with Crippen molar-refractivity contribution in [2.75, 3.05) is 26.8 Å². The highest BCUT2D eigenvalue weighted by molar-refractivity contribution is 7.90. The Morgan fingerprint density at radius 1 is 1.40 bits per heavy atom. The molecule has 9 nitrogen and oxygen atoms in total. The van der Waals surface area contributed by atoms with Crippen LogP contribution >= 0.6 is 0 Å². The number of ether oxygens (including phenoxy) is 1. The highest BCUT2D eigenvalue weighted by Crippen LogP contribution is 2.37. The monoisotopic (exact) mass is 371 g/mol. The lowest BCUT2D eigenvalue weighted by Crippen LogP contribution is -2.42. The quantitative estimate of drug-likeness (QED) is 0.586. The molecule has 3 atom stereocenters. The summed E-state index contributed by atoms with van der Waals surface area (Å²) in [6.45, 7) is 0.779. The predicted molar refractivity (Wildman–Crippen MR) is 89.2 cm³/mol. The van der Waals surface area contributed by atoms with Crippen LogP contribution in [0.3, 0.4) is 0 Å². The molecule has 0 aromatic heterocycles. The first-order valence-corrected chi connectivity index (χ1v) is 9.64. The topological polar surface area (TPSA) is 111 Å². The minimum atomic E-state index is -3.74. The van der Waals surface area contributed by atoms with E-state index in [-0.39, 0.29) is 24.9 Å². The zero-order chi connectivity index (χ0) is 18.0. The molecule has 0 spiro atoms. The predicted octanol–water partition coefficient (Wildman–Crippen LogP) is 0.980. The fourth-order valence-corrected chi connectivity index (χ4v) is 4.81. The lowest BCUT2D eigenvalue weighted by molar-refractivity contribution is -0.386. The van der Waals surface area contributed by atoms with Gasteiger partial charge in [0.2, 0.25) is 10.0 Å². The van der Waals surface area contributed by atoms with Crippen molar-refractivity contribution in [1.82, 2.24) is 9.79 Å². The third-order valence-electron chi connectivity index (χ3n) is 4.57. The van der Waals surface area contributed by atoms with E-state index in [4.69, 9.17) is 9.57 Å². The molecule has 3 rings (SSSR count). The van der Waals surface area contributed by atoms with Gasteiger partial charge in [0.25, 0.3) is 5.69 Å². The molecule has 3 unspecified atom stereocenters. The fraction of sp³-hybridized carbons (Fsp3) is 0.600. The summed E-state index contributed by atoms with van der Waals surface area (Å²) in [5.74, 6) is 0. The van der Waals surface area contributed by atoms with Crippen LogP contribution in [0.2, 0.25) is 0 Å². The first-order valence-electron chi connectivity index (χ1n) is 8.09. The Morgan fingerprint density at radius 3 is 2.84 bits per heavy atom. The molecular weight excluding hydrogens is 350 g/mol. The van der Waals surface area contributed by atoms with Crippen molar-refractivity contribution in [2.45, 2.75) is 30.2 Å². The summed E-state index contributed by atoms with van der Waals surface area (Å²) in [4.78, 5) is 16.2.